The summed E-state index contributed by atoms with van der Waals surface area (Å²) in [6.07, 6.45) is 5.36. The van der Waals surface area contributed by atoms with Gasteiger partial charge in [0, 0.05) is 17.8 Å². The molecule has 0 aliphatic heterocycles. The van der Waals surface area contributed by atoms with Crippen LogP contribution in [0.2, 0.25) is 0 Å². The van der Waals surface area contributed by atoms with Crippen LogP contribution < -0.4 is 11.3 Å². The van der Waals surface area contributed by atoms with Crippen LogP contribution in [0.5, 0.6) is 0 Å². The fourth-order valence-corrected chi connectivity index (χ4v) is 3.60. The van der Waals surface area contributed by atoms with E-state index in [9.17, 15) is 0 Å². The lowest BCUT2D eigenvalue weighted by Crippen LogP contribution is -2.34. The largest absolute Gasteiger partial charge is 0.271 e. The van der Waals surface area contributed by atoms with Crippen LogP contribution in [0.3, 0.4) is 0 Å². The zero-order valence-corrected chi connectivity index (χ0v) is 12.8. The van der Waals surface area contributed by atoms with Gasteiger partial charge >= 0.3 is 0 Å². The fourth-order valence-electron chi connectivity index (χ4n) is 3.60. The summed E-state index contributed by atoms with van der Waals surface area (Å²) < 4.78 is 0. The second-order valence-corrected chi connectivity index (χ2v) is 6.11. The van der Waals surface area contributed by atoms with Gasteiger partial charge in [0.05, 0.1) is 6.04 Å². The van der Waals surface area contributed by atoms with Gasteiger partial charge in [-0.05, 0) is 50.3 Å². The normalized spacial score (nSPS) is 19.1. The van der Waals surface area contributed by atoms with Crippen molar-refractivity contribution in [3.05, 3.63) is 64.5 Å². The van der Waals surface area contributed by atoms with Gasteiger partial charge < -0.3 is 0 Å². The summed E-state index contributed by atoms with van der Waals surface area (Å²) >= 11 is 0. The van der Waals surface area contributed by atoms with E-state index >= 15 is 0 Å². The Morgan fingerprint density at radius 2 is 2.00 bits per heavy atom. The van der Waals surface area contributed by atoms with E-state index in [1.807, 2.05) is 12.3 Å². The molecule has 3 rings (SSSR count). The van der Waals surface area contributed by atoms with E-state index in [-0.39, 0.29) is 6.04 Å². The number of aryl methyl sites for hydroxylation is 3. The first-order chi connectivity index (χ1) is 10.2. The van der Waals surface area contributed by atoms with Crippen molar-refractivity contribution >= 4 is 0 Å². The summed E-state index contributed by atoms with van der Waals surface area (Å²) in [6.45, 7) is 4.27. The van der Waals surface area contributed by atoms with Crippen LogP contribution in [0.1, 0.15) is 52.7 Å². The van der Waals surface area contributed by atoms with Gasteiger partial charge in [0.25, 0.3) is 0 Å². The maximum Gasteiger partial charge on any atom is 0.0543 e. The molecule has 1 aromatic carbocycles. The molecule has 1 aliphatic carbocycles. The molecule has 110 valence electrons. The Hall–Kier alpha value is -1.71. The van der Waals surface area contributed by atoms with Crippen LogP contribution in [0.4, 0.5) is 0 Å². The minimum absolute atomic E-state index is 0.123. The number of hydrogen-bond donors (Lipinski definition) is 2. The molecule has 2 unspecified atom stereocenters. The van der Waals surface area contributed by atoms with Gasteiger partial charge in [-0.2, -0.15) is 0 Å². The highest BCUT2D eigenvalue weighted by Crippen LogP contribution is 2.39. The van der Waals surface area contributed by atoms with Crippen molar-refractivity contribution in [3.8, 4) is 0 Å². The third kappa shape index (κ3) is 2.85. The van der Waals surface area contributed by atoms with Crippen molar-refractivity contribution < 1.29 is 0 Å². The standard InChI is InChI=1S/C18H23N3/c1-12-9-13(2)11-15(10-12)18(21-19)16-7-3-5-14-6-4-8-20-17(14)16/h4,6,8-11,16,18,21H,3,5,7,19H2,1-2H3. The molecule has 3 heteroatoms. The van der Waals surface area contributed by atoms with Gasteiger partial charge in [-0.3, -0.25) is 16.3 Å². The van der Waals surface area contributed by atoms with Crippen molar-refractivity contribution in [2.24, 2.45) is 5.84 Å². The van der Waals surface area contributed by atoms with Crippen LogP contribution in [-0.4, -0.2) is 4.98 Å². The molecule has 1 aliphatic rings. The molecular weight excluding hydrogens is 258 g/mol. The van der Waals surface area contributed by atoms with Gasteiger partial charge in [-0.15, -0.1) is 0 Å². The number of fused-ring (bicyclic) bond motifs is 1. The number of benzene rings is 1. The lowest BCUT2D eigenvalue weighted by Gasteiger charge is -2.31. The minimum Gasteiger partial charge on any atom is -0.271 e. The number of nitrogens with two attached hydrogens (primary N) is 1. The summed E-state index contributed by atoms with van der Waals surface area (Å²) in [5, 5.41) is 0. The highest BCUT2D eigenvalue weighted by Gasteiger charge is 2.29. The van der Waals surface area contributed by atoms with E-state index in [0.717, 1.165) is 12.8 Å². The van der Waals surface area contributed by atoms with E-state index in [2.05, 4.69) is 48.5 Å². The van der Waals surface area contributed by atoms with Crippen LogP contribution in [0.15, 0.2) is 36.5 Å². The molecule has 0 radical (unpaired) electrons. The van der Waals surface area contributed by atoms with Crippen molar-refractivity contribution in [2.75, 3.05) is 0 Å². The van der Waals surface area contributed by atoms with Gasteiger partial charge in [0.1, 0.15) is 0 Å². The zero-order valence-electron chi connectivity index (χ0n) is 12.8. The molecule has 0 amide bonds. The molecule has 1 aromatic heterocycles. The molecule has 2 aromatic rings. The molecular formula is C18H23N3. The predicted octanol–water partition coefficient (Wildman–Crippen LogP) is 3.32. The molecule has 0 fully saturated rings. The molecule has 1 heterocycles. The number of aromatic nitrogens is 1. The Labute approximate surface area is 126 Å². The second kappa shape index (κ2) is 5.96. The van der Waals surface area contributed by atoms with Crippen LogP contribution >= 0.6 is 0 Å². The van der Waals surface area contributed by atoms with Crippen molar-refractivity contribution in [1.82, 2.24) is 10.4 Å². The molecule has 0 saturated heterocycles. The third-order valence-corrected chi connectivity index (χ3v) is 4.42. The topological polar surface area (TPSA) is 50.9 Å². The Bertz CT molecular complexity index is 616. The van der Waals surface area contributed by atoms with Gasteiger partial charge in [0.15, 0.2) is 0 Å². The first kappa shape index (κ1) is 14.2. The Morgan fingerprint density at radius 1 is 1.24 bits per heavy atom. The Morgan fingerprint density at radius 3 is 2.71 bits per heavy atom. The molecule has 2 atom stereocenters. The highest BCUT2D eigenvalue weighted by molar-refractivity contribution is 5.35. The molecule has 3 nitrogen and oxygen atoms in total. The first-order valence-corrected chi connectivity index (χ1v) is 7.67. The number of nitrogens with one attached hydrogen (secondary N) is 1. The summed E-state index contributed by atoms with van der Waals surface area (Å²) in [5.41, 5.74) is 9.45. The van der Waals surface area contributed by atoms with E-state index in [4.69, 9.17) is 5.84 Å². The average molecular weight is 281 g/mol. The molecule has 21 heavy (non-hydrogen) atoms. The molecule has 0 saturated carbocycles. The zero-order chi connectivity index (χ0) is 14.8. The Kier molecular flexibility index (Phi) is 4.04. The second-order valence-electron chi connectivity index (χ2n) is 6.11. The number of rotatable bonds is 3. The maximum atomic E-state index is 5.92. The summed E-state index contributed by atoms with van der Waals surface area (Å²) in [6, 6.07) is 11.0. The number of hydrazine groups is 1. The maximum absolute atomic E-state index is 5.92. The molecule has 0 bridgehead atoms. The van der Waals surface area contributed by atoms with Crippen LogP contribution in [0, 0.1) is 13.8 Å². The lowest BCUT2D eigenvalue weighted by atomic mass is 9.79. The monoisotopic (exact) mass is 281 g/mol. The number of pyridine rings is 1. The van der Waals surface area contributed by atoms with Crippen molar-refractivity contribution in [1.29, 1.82) is 0 Å². The lowest BCUT2D eigenvalue weighted by molar-refractivity contribution is 0.399. The number of hydrogen-bond acceptors (Lipinski definition) is 3. The molecule has 0 spiro atoms. The summed E-state index contributed by atoms with van der Waals surface area (Å²) in [4.78, 5) is 4.64. The van der Waals surface area contributed by atoms with E-state index < -0.39 is 0 Å². The van der Waals surface area contributed by atoms with E-state index in [0.29, 0.717) is 5.92 Å². The molecule has 3 N–H and O–H groups in total. The van der Waals surface area contributed by atoms with Gasteiger partial charge in [-0.25, -0.2) is 0 Å². The van der Waals surface area contributed by atoms with Crippen LogP contribution in [-0.2, 0) is 6.42 Å². The summed E-state index contributed by atoms with van der Waals surface area (Å²) in [5.74, 6) is 6.26. The van der Waals surface area contributed by atoms with Gasteiger partial charge in [-0.1, -0.05) is 35.4 Å². The highest BCUT2D eigenvalue weighted by atomic mass is 15.2. The van der Waals surface area contributed by atoms with Gasteiger partial charge in [0.2, 0.25) is 0 Å². The predicted molar refractivity (Wildman–Crippen MR) is 85.9 cm³/mol. The smallest absolute Gasteiger partial charge is 0.0543 e. The fraction of sp³-hybridized carbons (Fsp3) is 0.389. The first-order valence-electron chi connectivity index (χ1n) is 7.67. The van der Waals surface area contributed by atoms with E-state index in [1.54, 1.807) is 0 Å². The Balaban J connectivity index is 2.01. The SMILES string of the molecule is Cc1cc(C)cc(C(NN)C2CCCc3cccnc32)c1. The average Bonchev–Trinajstić information content (AvgIpc) is 2.47. The third-order valence-electron chi connectivity index (χ3n) is 4.42. The van der Waals surface area contributed by atoms with E-state index in [1.165, 1.54) is 34.4 Å². The minimum atomic E-state index is 0.123. The quantitative estimate of drug-likeness (QED) is 0.670. The van der Waals surface area contributed by atoms with Crippen molar-refractivity contribution in [3.63, 3.8) is 0 Å². The van der Waals surface area contributed by atoms with Crippen LogP contribution in [0.25, 0.3) is 0 Å². The summed E-state index contributed by atoms with van der Waals surface area (Å²) in [7, 11) is 0. The van der Waals surface area contributed by atoms with Crippen molar-refractivity contribution in [2.45, 2.75) is 45.1 Å². The number of nitrogens with zero attached hydrogens (tertiary/aromatic N) is 1.